The molecule has 128 valence electrons. The maximum Gasteiger partial charge on any atom is 0.332 e. The van der Waals surface area contributed by atoms with E-state index in [4.69, 9.17) is 14.2 Å². The van der Waals surface area contributed by atoms with Gasteiger partial charge in [-0.15, -0.1) is 0 Å². The van der Waals surface area contributed by atoms with Crippen molar-refractivity contribution in [3.8, 4) is 0 Å². The standard InChI is InChI=1S/C17H32O4Si/c1-13(16(18)19-5)14(22(6,7)17(2,3)4)9-8-10-15-20-11-12-21-15/h15H,8-12H2,1-7H3/b14-13-. The molecule has 0 radical (unpaired) electrons. The molecule has 0 amide bonds. The lowest BCUT2D eigenvalue weighted by Gasteiger charge is -2.40. The Morgan fingerprint density at radius 1 is 1.23 bits per heavy atom. The van der Waals surface area contributed by atoms with E-state index < -0.39 is 8.07 Å². The third kappa shape index (κ3) is 4.67. The lowest BCUT2D eigenvalue weighted by molar-refractivity contribution is -0.136. The van der Waals surface area contributed by atoms with Crippen LogP contribution in [-0.4, -0.2) is 40.7 Å². The minimum atomic E-state index is -1.76. The molecular formula is C17H32O4Si. The number of ether oxygens (including phenoxy) is 3. The molecule has 5 heteroatoms. The molecular weight excluding hydrogens is 296 g/mol. The van der Waals surface area contributed by atoms with Crippen molar-refractivity contribution < 1.29 is 19.0 Å². The Hall–Kier alpha value is -0.653. The third-order valence-corrected chi connectivity index (χ3v) is 11.0. The highest BCUT2D eigenvalue weighted by Crippen LogP contribution is 2.43. The van der Waals surface area contributed by atoms with E-state index in [1.165, 1.54) is 12.3 Å². The molecule has 0 bridgehead atoms. The highest BCUT2D eigenvalue weighted by molar-refractivity contribution is 6.87. The van der Waals surface area contributed by atoms with Gasteiger partial charge in [0.25, 0.3) is 0 Å². The van der Waals surface area contributed by atoms with Crippen LogP contribution in [0.1, 0.15) is 47.0 Å². The molecule has 1 saturated heterocycles. The fourth-order valence-corrected chi connectivity index (χ4v) is 5.46. The van der Waals surface area contributed by atoms with Gasteiger partial charge in [0.2, 0.25) is 0 Å². The second-order valence-corrected chi connectivity index (χ2v) is 12.9. The first kappa shape index (κ1) is 19.4. The molecule has 0 N–H and O–H groups in total. The molecule has 1 aliphatic heterocycles. The van der Waals surface area contributed by atoms with Crippen molar-refractivity contribution in [2.45, 2.75) is 71.4 Å². The number of carbonyl (C=O) groups is 1. The molecule has 0 aromatic carbocycles. The van der Waals surface area contributed by atoms with Gasteiger partial charge >= 0.3 is 5.97 Å². The normalized spacial score (nSPS) is 18.3. The molecule has 0 atom stereocenters. The van der Waals surface area contributed by atoms with E-state index in [1.54, 1.807) is 0 Å². The van der Waals surface area contributed by atoms with E-state index in [0.29, 0.717) is 13.2 Å². The van der Waals surface area contributed by atoms with Crippen LogP contribution in [0.5, 0.6) is 0 Å². The number of carbonyl (C=O) groups excluding carboxylic acids is 1. The van der Waals surface area contributed by atoms with Crippen molar-refractivity contribution in [2.75, 3.05) is 20.3 Å². The maximum atomic E-state index is 12.0. The number of hydrogen-bond donors (Lipinski definition) is 0. The summed E-state index contributed by atoms with van der Waals surface area (Å²) >= 11 is 0. The first-order chi connectivity index (χ1) is 10.1. The fraction of sp³-hybridized carbons (Fsp3) is 0.824. The number of methoxy groups -OCH3 is 1. The number of allylic oxidation sites excluding steroid dienone is 1. The van der Waals surface area contributed by atoms with Gasteiger partial charge in [-0.1, -0.05) is 39.1 Å². The van der Waals surface area contributed by atoms with Gasteiger partial charge < -0.3 is 14.2 Å². The predicted molar refractivity (Wildman–Crippen MR) is 91.5 cm³/mol. The number of rotatable bonds is 6. The lowest BCUT2D eigenvalue weighted by atomic mass is 10.1. The van der Waals surface area contributed by atoms with Crippen molar-refractivity contribution in [3.05, 3.63) is 10.8 Å². The molecule has 1 aliphatic rings. The number of esters is 1. The highest BCUT2D eigenvalue weighted by atomic mass is 28.3. The van der Waals surface area contributed by atoms with Crippen molar-refractivity contribution in [1.82, 2.24) is 0 Å². The van der Waals surface area contributed by atoms with Crippen LogP contribution in [0.4, 0.5) is 0 Å². The molecule has 0 unspecified atom stereocenters. The summed E-state index contributed by atoms with van der Waals surface area (Å²) in [6.45, 7) is 14.8. The Bertz CT molecular complexity index is 415. The van der Waals surface area contributed by atoms with Crippen molar-refractivity contribution >= 4 is 14.0 Å². The van der Waals surface area contributed by atoms with Crippen LogP contribution in [-0.2, 0) is 19.0 Å². The molecule has 0 spiro atoms. The molecule has 1 heterocycles. The van der Waals surface area contributed by atoms with Crippen LogP contribution in [0.3, 0.4) is 0 Å². The topological polar surface area (TPSA) is 44.8 Å². The summed E-state index contributed by atoms with van der Waals surface area (Å²) in [7, 11) is -0.302. The minimum Gasteiger partial charge on any atom is -0.466 e. The zero-order valence-electron chi connectivity index (χ0n) is 15.2. The van der Waals surface area contributed by atoms with E-state index >= 15 is 0 Å². The lowest BCUT2D eigenvalue weighted by Crippen LogP contribution is -2.41. The van der Waals surface area contributed by atoms with E-state index in [2.05, 4.69) is 33.9 Å². The molecule has 1 fully saturated rings. The van der Waals surface area contributed by atoms with Gasteiger partial charge in [0.1, 0.15) is 0 Å². The Morgan fingerprint density at radius 2 is 1.77 bits per heavy atom. The van der Waals surface area contributed by atoms with Gasteiger partial charge in [0, 0.05) is 5.57 Å². The smallest absolute Gasteiger partial charge is 0.332 e. The van der Waals surface area contributed by atoms with E-state index in [-0.39, 0.29) is 17.3 Å². The molecule has 0 aliphatic carbocycles. The first-order valence-corrected chi connectivity index (χ1v) is 11.1. The van der Waals surface area contributed by atoms with Gasteiger partial charge in [0.05, 0.1) is 28.4 Å². The Labute approximate surface area is 136 Å². The molecule has 22 heavy (non-hydrogen) atoms. The third-order valence-electron chi connectivity index (χ3n) is 5.13. The van der Waals surface area contributed by atoms with Crippen LogP contribution in [0.15, 0.2) is 10.8 Å². The fourth-order valence-electron chi connectivity index (χ4n) is 2.72. The Morgan fingerprint density at radius 3 is 2.23 bits per heavy atom. The van der Waals surface area contributed by atoms with Crippen molar-refractivity contribution in [2.24, 2.45) is 0 Å². The maximum absolute atomic E-state index is 12.0. The quantitative estimate of drug-likeness (QED) is 0.419. The highest BCUT2D eigenvalue weighted by Gasteiger charge is 2.40. The second-order valence-electron chi connectivity index (χ2n) is 7.53. The molecule has 4 nitrogen and oxygen atoms in total. The molecule has 0 saturated carbocycles. The molecule has 0 aromatic heterocycles. The summed E-state index contributed by atoms with van der Waals surface area (Å²) in [5.41, 5.74) is 0.794. The molecule has 0 aromatic rings. The minimum absolute atomic E-state index is 0.0703. The van der Waals surface area contributed by atoms with Gasteiger partial charge in [-0.25, -0.2) is 4.79 Å². The summed E-state index contributed by atoms with van der Waals surface area (Å²) in [4.78, 5) is 12.0. The summed E-state index contributed by atoms with van der Waals surface area (Å²) in [6, 6.07) is 0. The van der Waals surface area contributed by atoms with E-state index in [0.717, 1.165) is 24.8 Å². The van der Waals surface area contributed by atoms with Gasteiger partial charge in [0.15, 0.2) is 6.29 Å². The van der Waals surface area contributed by atoms with E-state index in [1.807, 2.05) is 6.92 Å². The van der Waals surface area contributed by atoms with Gasteiger partial charge in [-0.2, -0.15) is 0 Å². The van der Waals surface area contributed by atoms with Gasteiger partial charge in [-0.3, -0.25) is 0 Å². The van der Waals surface area contributed by atoms with Crippen molar-refractivity contribution in [1.29, 1.82) is 0 Å². The van der Waals surface area contributed by atoms with Crippen LogP contribution in [0, 0.1) is 0 Å². The summed E-state index contributed by atoms with van der Waals surface area (Å²) in [6.07, 6.45) is 2.70. The summed E-state index contributed by atoms with van der Waals surface area (Å²) in [5, 5.41) is 1.50. The first-order valence-electron chi connectivity index (χ1n) is 8.13. The van der Waals surface area contributed by atoms with Crippen LogP contribution < -0.4 is 0 Å². The van der Waals surface area contributed by atoms with Crippen LogP contribution >= 0.6 is 0 Å². The monoisotopic (exact) mass is 328 g/mol. The second kappa shape index (κ2) is 7.75. The molecule has 1 rings (SSSR count). The summed E-state index contributed by atoms with van der Waals surface area (Å²) < 4.78 is 16.0. The zero-order valence-corrected chi connectivity index (χ0v) is 16.2. The van der Waals surface area contributed by atoms with Crippen LogP contribution in [0.2, 0.25) is 18.1 Å². The average Bonchev–Trinajstić information content (AvgIpc) is 2.93. The summed E-state index contributed by atoms with van der Waals surface area (Å²) in [5.74, 6) is -0.201. The largest absolute Gasteiger partial charge is 0.466 e. The average molecular weight is 329 g/mol. The number of hydrogen-bond acceptors (Lipinski definition) is 4. The van der Waals surface area contributed by atoms with Gasteiger partial charge in [-0.05, 0) is 31.2 Å². The predicted octanol–water partition coefficient (Wildman–Crippen LogP) is 4.07. The SMILES string of the molecule is COC(=O)/C(C)=C(/CCCC1OCCO1)[Si](C)(C)C(C)(C)C. The van der Waals surface area contributed by atoms with E-state index in [9.17, 15) is 4.79 Å². The Kier molecular flexibility index (Phi) is 6.83. The van der Waals surface area contributed by atoms with Crippen LogP contribution in [0.25, 0.3) is 0 Å². The Balaban J connectivity index is 2.89. The van der Waals surface area contributed by atoms with Crippen molar-refractivity contribution in [3.63, 3.8) is 0 Å². The zero-order chi connectivity index (χ0) is 17.0.